The average Bonchev–Trinajstić information content (AvgIpc) is 2.21. The van der Waals surface area contributed by atoms with Gasteiger partial charge in [0.25, 0.3) is 0 Å². The number of ether oxygens (including phenoxy) is 1. The molecule has 15 heavy (non-hydrogen) atoms. The van der Waals surface area contributed by atoms with E-state index in [4.69, 9.17) is 11.3 Å². The van der Waals surface area contributed by atoms with Crippen LogP contribution in [-0.2, 0) is 16.0 Å². The predicted molar refractivity (Wildman–Crippen MR) is 54.7 cm³/mol. The maximum atomic E-state index is 11.2. The van der Waals surface area contributed by atoms with Gasteiger partial charge >= 0.3 is 5.97 Å². The van der Waals surface area contributed by atoms with E-state index >= 15 is 0 Å². The number of hydrogen-bond donors (Lipinski definition) is 1. The van der Waals surface area contributed by atoms with Crippen molar-refractivity contribution in [2.75, 3.05) is 6.61 Å². The number of phenols is 1. The van der Waals surface area contributed by atoms with Gasteiger partial charge in [0.2, 0.25) is 5.69 Å². The highest BCUT2D eigenvalue weighted by Gasteiger charge is 2.10. The first kappa shape index (κ1) is 11.1. The van der Waals surface area contributed by atoms with Crippen LogP contribution in [0.3, 0.4) is 0 Å². The molecule has 0 atom stereocenters. The van der Waals surface area contributed by atoms with Crippen molar-refractivity contribution in [2.24, 2.45) is 0 Å². The first-order valence-corrected chi connectivity index (χ1v) is 4.53. The minimum atomic E-state index is -0.407. The van der Waals surface area contributed by atoms with Gasteiger partial charge in [-0.3, -0.25) is 4.79 Å². The van der Waals surface area contributed by atoms with E-state index in [1.54, 1.807) is 19.1 Å². The maximum Gasteiger partial charge on any atom is 0.310 e. The van der Waals surface area contributed by atoms with E-state index in [2.05, 4.69) is 4.85 Å². The molecule has 1 aromatic rings. The second-order valence-corrected chi connectivity index (χ2v) is 2.88. The summed E-state index contributed by atoms with van der Waals surface area (Å²) in [5.41, 5.74) is 0.568. The number of hydrogen-bond acceptors (Lipinski definition) is 3. The van der Waals surface area contributed by atoms with E-state index in [0.717, 1.165) is 0 Å². The third kappa shape index (κ3) is 2.71. The van der Waals surface area contributed by atoms with E-state index < -0.39 is 5.97 Å². The van der Waals surface area contributed by atoms with Gasteiger partial charge in [0.1, 0.15) is 5.75 Å². The topological polar surface area (TPSA) is 50.9 Å². The minimum absolute atomic E-state index is 0.0109. The first-order chi connectivity index (χ1) is 7.19. The van der Waals surface area contributed by atoms with Crippen LogP contribution in [0.5, 0.6) is 5.75 Å². The molecule has 1 rings (SSSR count). The van der Waals surface area contributed by atoms with Crippen molar-refractivity contribution in [3.05, 3.63) is 35.2 Å². The van der Waals surface area contributed by atoms with Crippen LogP contribution < -0.4 is 0 Å². The molecule has 0 heterocycles. The van der Waals surface area contributed by atoms with E-state index in [-0.39, 0.29) is 17.9 Å². The van der Waals surface area contributed by atoms with Crippen LogP contribution in [0.15, 0.2) is 18.2 Å². The summed E-state index contributed by atoms with van der Waals surface area (Å²) in [5.74, 6) is -0.546. The molecule has 0 aliphatic rings. The number of aromatic hydroxyl groups is 1. The fourth-order valence-corrected chi connectivity index (χ4v) is 1.18. The Labute approximate surface area is 87.9 Å². The van der Waals surface area contributed by atoms with Crippen LogP contribution in [0.1, 0.15) is 12.5 Å². The third-order valence-corrected chi connectivity index (χ3v) is 1.86. The molecule has 0 radical (unpaired) electrons. The van der Waals surface area contributed by atoms with Crippen molar-refractivity contribution in [1.82, 2.24) is 0 Å². The molecule has 0 aromatic heterocycles. The highest BCUT2D eigenvalue weighted by Crippen LogP contribution is 2.30. The Balaban J connectivity index is 2.87. The summed E-state index contributed by atoms with van der Waals surface area (Å²) in [6, 6.07) is 4.72. The molecule has 0 saturated carbocycles. The lowest BCUT2D eigenvalue weighted by molar-refractivity contribution is -0.142. The van der Waals surface area contributed by atoms with Crippen LogP contribution >= 0.6 is 0 Å². The van der Waals surface area contributed by atoms with Gasteiger partial charge < -0.3 is 9.84 Å². The second kappa shape index (κ2) is 5.01. The number of esters is 1. The van der Waals surface area contributed by atoms with Gasteiger partial charge in [-0.2, -0.15) is 0 Å². The molecule has 0 bridgehead atoms. The Hall–Kier alpha value is -2.02. The molecule has 4 heteroatoms. The van der Waals surface area contributed by atoms with Crippen molar-refractivity contribution < 1.29 is 14.6 Å². The van der Waals surface area contributed by atoms with E-state index in [9.17, 15) is 9.90 Å². The second-order valence-electron chi connectivity index (χ2n) is 2.88. The summed E-state index contributed by atoms with van der Waals surface area (Å²) in [7, 11) is 0. The lowest BCUT2D eigenvalue weighted by Crippen LogP contribution is -2.07. The third-order valence-electron chi connectivity index (χ3n) is 1.86. The van der Waals surface area contributed by atoms with Gasteiger partial charge in [-0.05, 0) is 12.5 Å². The predicted octanol–water partition coefficient (Wildman–Crippen LogP) is 2.05. The lowest BCUT2D eigenvalue weighted by Gasteiger charge is -2.05. The van der Waals surface area contributed by atoms with Crippen molar-refractivity contribution in [3.8, 4) is 5.75 Å². The summed E-state index contributed by atoms with van der Waals surface area (Å²) in [5, 5.41) is 9.58. The molecule has 0 aliphatic heterocycles. The standard InChI is InChI=1S/C11H11NO3/c1-3-15-10(13)7-8-5-4-6-9(12-2)11(8)14/h4-6,14H,3,7H2,1H3. The maximum absolute atomic E-state index is 11.2. The SMILES string of the molecule is [C-]#[N+]c1cccc(CC(=O)OCC)c1O. The molecular weight excluding hydrogens is 194 g/mol. The Morgan fingerprint density at radius 1 is 1.60 bits per heavy atom. The molecular formula is C11H11NO3. The number of para-hydroxylation sites is 1. The van der Waals surface area contributed by atoms with Gasteiger partial charge in [0, 0.05) is 0 Å². The van der Waals surface area contributed by atoms with Gasteiger partial charge in [0.15, 0.2) is 0 Å². The Morgan fingerprint density at radius 3 is 2.93 bits per heavy atom. The van der Waals surface area contributed by atoms with Crippen LogP contribution in [0.25, 0.3) is 4.85 Å². The highest BCUT2D eigenvalue weighted by molar-refractivity contribution is 5.75. The fourth-order valence-electron chi connectivity index (χ4n) is 1.18. The highest BCUT2D eigenvalue weighted by atomic mass is 16.5. The summed E-state index contributed by atoms with van der Waals surface area (Å²) < 4.78 is 4.75. The van der Waals surface area contributed by atoms with Crippen LogP contribution in [0, 0.1) is 6.57 Å². The van der Waals surface area contributed by atoms with E-state index in [0.29, 0.717) is 12.2 Å². The monoisotopic (exact) mass is 205 g/mol. The van der Waals surface area contributed by atoms with Crippen molar-refractivity contribution >= 4 is 11.7 Å². The average molecular weight is 205 g/mol. The first-order valence-electron chi connectivity index (χ1n) is 4.53. The normalized spacial score (nSPS) is 9.33. The number of phenolic OH excluding ortho intramolecular Hbond substituents is 1. The number of carbonyl (C=O) groups excluding carboxylic acids is 1. The van der Waals surface area contributed by atoms with Crippen molar-refractivity contribution in [3.63, 3.8) is 0 Å². The number of benzene rings is 1. The summed E-state index contributed by atoms with van der Waals surface area (Å²) in [6.07, 6.45) is -0.0109. The fraction of sp³-hybridized carbons (Fsp3) is 0.273. The molecule has 1 aromatic carbocycles. The molecule has 0 saturated heterocycles. The van der Waals surface area contributed by atoms with Gasteiger partial charge in [-0.25, -0.2) is 4.85 Å². The Kier molecular flexibility index (Phi) is 3.69. The molecule has 4 nitrogen and oxygen atoms in total. The zero-order valence-corrected chi connectivity index (χ0v) is 8.36. The smallest absolute Gasteiger partial charge is 0.310 e. The summed E-state index contributed by atoms with van der Waals surface area (Å²) >= 11 is 0. The summed E-state index contributed by atoms with van der Waals surface area (Å²) in [6.45, 7) is 8.82. The van der Waals surface area contributed by atoms with Gasteiger partial charge in [0.05, 0.1) is 19.6 Å². The minimum Gasteiger partial charge on any atom is -0.519 e. The molecule has 0 amide bonds. The van der Waals surface area contributed by atoms with Crippen molar-refractivity contribution in [1.29, 1.82) is 0 Å². The van der Waals surface area contributed by atoms with Crippen LogP contribution in [0.4, 0.5) is 5.69 Å². The zero-order valence-electron chi connectivity index (χ0n) is 8.36. The quantitative estimate of drug-likeness (QED) is 0.607. The molecule has 0 unspecified atom stereocenters. The number of rotatable bonds is 3. The van der Waals surface area contributed by atoms with E-state index in [1.807, 2.05) is 0 Å². The Bertz CT molecular complexity index is 407. The molecule has 0 spiro atoms. The largest absolute Gasteiger partial charge is 0.519 e. The molecule has 0 fully saturated rings. The molecule has 78 valence electrons. The Morgan fingerprint density at radius 2 is 2.33 bits per heavy atom. The summed E-state index contributed by atoms with van der Waals surface area (Å²) in [4.78, 5) is 14.3. The van der Waals surface area contributed by atoms with Crippen LogP contribution in [-0.4, -0.2) is 17.7 Å². The molecule has 0 aliphatic carbocycles. The lowest BCUT2D eigenvalue weighted by atomic mass is 10.1. The molecule has 1 N–H and O–H groups in total. The van der Waals surface area contributed by atoms with E-state index in [1.165, 1.54) is 6.07 Å². The van der Waals surface area contributed by atoms with Crippen molar-refractivity contribution in [2.45, 2.75) is 13.3 Å². The number of carbonyl (C=O) groups is 1. The van der Waals surface area contributed by atoms with Gasteiger partial charge in [-0.1, -0.05) is 18.2 Å². The zero-order chi connectivity index (χ0) is 11.3. The van der Waals surface area contributed by atoms with Gasteiger partial charge in [-0.15, -0.1) is 0 Å². The number of nitrogens with zero attached hydrogens (tertiary/aromatic N) is 1. The van der Waals surface area contributed by atoms with Crippen LogP contribution in [0.2, 0.25) is 0 Å².